The van der Waals surface area contributed by atoms with Crippen LogP contribution in [0.4, 0.5) is 0 Å². The van der Waals surface area contributed by atoms with Gasteiger partial charge in [-0.2, -0.15) is 0 Å². The SMILES string of the molecule is COc1ccc([Se]2(Cl)CC34CCC(CC3O2)C4(C)C)cc1. The van der Waals surface area contributed by atoms with E-state index in [-0.39, 0.29) is 0 Å². The zero-order valence-corrected chi connectivity index (χ0v) is 15.4. The minimum atomic E-state index is -2.54. The molecule has 1 aliphatic heterocycles. The quantitative estimate of drug-likeness (QED) is 0.734. The van der Waals surface area contributed by atoms with Gasteiger partial charge < -0.3 is 0 Å². The summed E-state index contributed by atoms with van der Waals surface area (Å²) in [6.07, 6.45) is 4.28. The summed E-state index contributed by atoms with van der Waals surface area (Å²) in [5, 5.41) is 1.09. The van der Waals surface area contributed by atoms with E-state index in [0.717, 1.165) is 17.0 Å². The standard InChI is InChI=1S/C17H23ClO2Se/c1-16(2)12-8-9-17(16)11-21(18,20-15(17)10-12)14-6-4-13(19-3)5-7-14/h4-7,12,15H,8-11H2,1-3H3. The van der Waals surface area contributed by atoms with Gasteiger partial charge >= 0.3 is 134 Å². The van der Waals surface area contributed by atoms with Crippen molar-refractivity contribution < 1.29 is 8.56 Å². The Hall–Kier alpha value is -0.211. The molecule has 116 valence electrons. The van der Waals surface area contributed by atoms with Gasteiger partial charge in [0.2, 0.25) is 0 Å². The van der Waals surface area contributed by atoms with E-state index in [1.807, 2.05) is 12.1 Å². The molecule has 2 saturated carbocycles. The molecule has 2 bridgehead atoms. The first-order valence-corrected chi connectivity index (χ1v) is 12.8. The number of ether oxygens (including phenoxy) is 1. The Kier molecular flexibility index (Phi) is 3.02. The summed E-state index contributed by atoms with van der Waals surface area (Å²) in [6.45, 7) is 4.89. The van der Waals surface area contributed by atoms with Crippen molar-refractivity contribution in [2.75, 3.05) is 7.11 Å². The van der Waals surface area contributed by atoms with Crippen molar-refractivity contribution in [2.24, 2.45) is 16.7 Å². The average molecular weight is 374 g/mol. The Morgan fingerprint density at radius 3 is 2.57 bits per heavy atom. The average Bonchev–Trinajstić information content (AvgIpc) is 2.99. The van der Waals surface area contributed by atoms with Gasteiger partial charge in [-0.05, 0) is 0 Å². The molecular weight excluding hydrogens is 351 g/mol. The van der Waals surface area contributed by atoms with Gasteiger partial charge in [-0.1, -0.05) is 0 Å². The Morgan fingerprint density at radius 2 is 2.00 bits per heavy atom. The van der Waals surface area contributed by atoms with E-state index in [0.29, 0.717) is 16.9 Å². The summed E-state index contributed by atoms with van der Waals surface area (Å²) in [4.78, 5) is 0. The zero-order chi connectivity index (χ0) is 14.9. The Morgan fingerprint density at radius 1 is 1.29 bits per heavy atom. The maximum atomic E-state index is 7.10. The number of rotatable bonds is 2. The maximum absolute atomic E-state index is 7.10. The number of hydrogen-bond acceptors (Lipinski definition) is 2. The van der Waals surface area contributed by atoms with Gasteiger partial charge in [-0.15, -0.1) is 0 Å². The molecule has 1 aromatic rings. The molecule has 0 amide bonds. The van der Waals surface area contributed by atoms with Gasteiger partial charge in [-0.25, -0.2) is 0 Å². The first-order chi connectivity index (χ1) is 9.91. The van der Waals surface area contributed by atoms with Crippen molar-refractivity contribution in [1.82, 2.24) is 0 Å². The molecule has 4 atom stereocenters. The molecule has 1 aromatic carbocycles. The number of hydrogen-bond donors (Lipinski definition) is 0. The molecule has 21 heavy (non-hydrogen) atoms. The van der Waals surface area contributed by atoms with Crippen LogP contribution in [0.15, 0.2) is 24.3 Å². The van der Waals surface area contributed by atoms with Crippen LogP contribution in [0.5, 0.6) is 5.75 Å². The fourth-order valence-electron chi connectivity index (χ4n) is 4.94. The van der Waals surface area contributed by atoms with Crippen LogP contribution in [0.1, 0.15) is 33.1 Å². The second-order valence-corrected chi connectivity index (χ2v) is 14.4. The first-order valence-electron chi connectivity index (χ1n) is 7.74. The predicted octanol–water partition coefficient (Wildman–Crippen LogP) is 3.81. The Bertz CT molecular complexity index is 573. The summed E-state index contributed by atoms with van der Waals surface area (Å²) in [5.74, 6) is 1.71. The molecule has 3 fully saturated rings. The van der Waals surface area contributed by atoms with Gasteiger partial charge in [0.25, 0.3) is 0 Å². The topological polar surface area (TPSA) is 18.5 Å². The van der Waals surface area contributed by atoms with Crippen LogP contribution in [0.3, 0.4) is 0 Å². The number of methoxy groups -OCH3 is 1. The number of fused-ring (bicyclic) bond motifs is 1. The van der Waals surface area contributed by atoms with Crippen LogP contribution in [0.25, 0.3) is 0 Å². The van der Waals surface area contributed by atoms with Crippen LogP contribution in [0, 0.1) is 16.7 Å². The van der Waals surface area contributed by atoms with Gasteiger partial charge in [0.05, 0.1) is 0 Å². The molecule has 2 aliphatic carbocycles. The molecule has 0 N–H and O–H groups in total. The second kappa shape index (κ2) is 4.41. The van der Waals surface area contributed by atoms with Crippen molar-refractivity contribution in [3.63, 3.8) is 0 Å². The number of halogens is 1. The molecule has 4 unspecified atom stereocenters. The normalized spacial score (nSPS) is 46.1. The van der Waals surface area contributed by atoms with E-state index in [2.05, 4.69) is 26.0 Å². The first kappa shape index (κ1) is 14.4. The Balaban J connectivity index is 1.69. The van der Waals surface area contributed by atoms with Gasteiger partial charge in [0.15, 0.2) is 0 Å². The third-order valence-corrected chi connectivity index (χ3v) is 13.4. The monoisotopic (exact) mass is 374 g/mol. The fraction of sp³-hybridized carbons (Fsp3) is 0.647. The van der Waals surface area contributed by atoms with Crippen LogP contribution >= 0.6 is 10.1 Å². The number of benzene rings is 1. The van der Waals surface area contributed by atoms with E-state index in [1.165, 1.54) is 23.7 Å². The second-order valence-electron chi connectivity index (χ2n) is 7.35. The molecule has 1 heterocycles. The van der Waals surface area contributed by atoms with Gasteiger partial charge in [0.1, 0.15) is 0 Å². The van der Waals surface area contributed by atoms with Gasteiger partial charge in [0, 0.05) is 0 Å². The predicted molar refractivity (Wildman–Crippen MR) is 87.5 cm³/mol. The summed E-state index contributed by atoms with van der Waals surface area (Å²) in [7, 11) is 8.80. The van der Waals surface area contributed by atoms with E-state index in [4.69, 9.17) is 18.7 Å². The summed E-state index contributed by atoms with van der Waals surface area (Å²) >= 11 is -2.54. The van der Waals surface area contributed by atoms with E-state index >= 15 is 0 Å². The van der Waals surface area contributed by atoms with Crippen LogP contribution in [0.2, 0.25) is 5.32 Å². The zero-order valence-electron chi connectivity index (χ0n) is 12.9. The molecule has 4 rings (SSSR count). The van der Waals surface area contributed by atoms with Crippen molar-refractivity contribution in [3.05, 3.63) is 24.3 Å². The molecular formula is C17H23ClO2Se. The third-order valence-electron chi connectivity index (χ3n) is 6.48. The van der Waals surface area contributed by atoms with Gasteiger partial charge in [-0.3, -0.25) is 0 Å². The van der Waals surface area contributed by atoms with E-state index in [1.54, 1.807) is 7.11 Å². The van der Waals surface area contributed by atoms with Crippen LogP contribution in [-0.4, -0.2) is 25.5 Å². The molecule has 0 aromatic heterocycles. The van der Waals surface area contributed by atoms with Crippen molar-refractivity contribution >= 4 is 26.8 Å². The molecule has 4 heteroatoms. The fourth-order valence-corrected chi connectivity index (χ4v) is 13.0. The summed E-state index contributed by atoms with van der Waals surface area (Å²) in [6, 6.07) is 8.25. The summed E-state index contributed by atoms with van der Waals surface area (Å²) in [5.41, 5.74) is 0.720. The Labute approximate surface area is 133 Å². The van der Waals surface area contributed by atoms with E-state index in [9.17, 15) is 0 Å². The molecule has 1 spiro atoms. The molecule has 1 saturated heterocycles. The molecule has 3 aliphatic rings. The summed E-state index contributed by atoms with van der Waals surface area (Å²) < 4.78 is 13.0. The third kappa shape index (κ3) is 1.75. The molecule has 2 nitrogen and oxygen atoms in total. The van der Waals surface area contributed by atoms with Crippen molar-refractivity contribution in [1.29, 1.82) is 0 Å². The minimum absolute atomic E-state index is 0.333. The van der Waals surface area contributed by atoms with E-state index < -0.39 is 12.3 Å². The van der Waals surface area contributed by atoms with Crippen molar-refractivity contribution in [2.45, 2.75) is 44.5 Å². The van der Waals surface area contributed by atoms with Crippen LogP contribution in [-0.2, 0) is 3.82 Å². The molecule has 0 radical (unpaired) electrons. The van der Waals surface area contributed by atoms with Crippen LogP contribution < -0.4 is 9.20 Å². The van der Waals surface area contributed by atoms with Crippen molar-refractivity contribution in [3.8, 4) is 5.75 Å².